The minimum atomic E-state index is -0.612. The Morgan fingerprint density at radius 2 is 1.57 bits per heavy atom. The number of methoxy groups -OCH3 is 1. The molecule has 0 saturated heterocycles. The molecule has 0 fully saturated rings. The third kappa shape index (κ3) is 4.78. The number of imide groups is 1. The highest BCUT2D eigenvalue weighted by atomic mass is 35.5. The van der Waals surface area contributed by atoms with E-state index in [-0.39, 0.29) is 10.7 Å². The fourth-order valence-electron chi connectivity index (χ4n) is 3.54. The van der Waals surface area contributed by atoms with E-state index in [1.165, 1.54) is 13.2 Å². The Morgan fingerprint density at radius 3 is 2.26 bits per heavy atom. The van der Waals surface area contributed by atoms with Crippen LogP contribution in [-0.2, 0) is 14.3 Å². The molecule has 0 saturated carbocycles. The maximum absolute atomic E-state index is 13.0. The van der Waals surface area contributed by atoms with Gasteiger partial charge in [-0.05, 0) is 61.0 Å². The van der Waals surface area contributed by atoms with E-state index in [0.29, 0.717) is 28.2 Å². The van der Waals surface area contributed by atoms with Gasteiger partial charge in [0.05, 0.1) is 18.4 Å². The average molecular weight is 490 g/mol. The predicted octanol–water partition coefficient (Wildman–Crippen LogP) is 4.47. The second-order valence-electron chi connectivity index (χ2n) is 7.65. The number of hydrogen-bond donors (Lipinski definition) is 2. The molecule has 0 radical (unpaired) electrons. The minimum Gasteiger partial charge on any atom is -0.465 e. The van der Waals surface area contributed by atoms with Crippen molar-refractivity contribution in [3.8, 4) is 0 Å². The molecule has 0 unspecified atom stereocenters. The highest BCUT2D eigenvalue weighted by Gasteiger charge is 2.39. The number of aryl methyl sites for hydroxylation is 1. The molecule has 3 aromatic rings. The molecule has 1 aliphatic rings. The first-order chi connectivity index (χ1) is 16.8. The Hall–Kier alpha value is -4.43. The fraction of sp³-hybridized carbons (Fsp3) is 0.0769. The monoisotopic (exact) mass is 489 g/mol. The molecule has 0 spiro atoms. The van der Waals surface area contributed by atoms with Crippen molar-refractivity contribution in [1.29, 1.82) is 0 Å². The first kappa shape index (κ1) is 23.7. The second-order valence-corrected chi connectivity index (χ2v) is 8.03. The summed E-state index contributed by atoms with van der Waals surface area (Å²) in [6.07, 6.45) is 0. The quantitative estimate of drug-likeness (QED) is 0.391. The summed E-state index contributed by atoms with van der Waals surface area (Å²) in [6.45, 7) is 1.80. The van der Waals surface area contributed by atoms with Gasteiger partial charge >= 0.3 is 5.97 Å². The van der Waals surface area contributed by atoms with Crippen molar-refractivity contribution < 1.29 is 23.9 Å². The number of benzene rings is 3. The molecule has 3 aromatic carbocycles. The van der Waals surface area contributed by atoms with Crippen LogP contribution in [0.15, 0.2) is 83.5 Å². The van der Waals surface area contributed by atoms with E-state index in [2.05, 4.69) is 15.4 Å². The summed E-state index contributed by atoms with van der Waals surface area (Å²) in [4.78, 5) is 51.0. The van der Waals surface area contributed by atoms with E-state index in [0.717, 1.165) is 10.5 Å². The zero-order chi connectivity index (χ0) is 25.1. The van der Waals surface area contributed by atoms with Crippen molar-refractivity contribution in [2.24, 2.45) is 0 Å². The zero-order valence-corrected chi connectivity index (χ0v) is 19.6. The minimum absolute atomic E-state index is 0.0447. The summed E-state index contributed by atoms with van der Waals surface area (Å²) in [7, 11) is 1.28. The normalized spacial score (nSPS) is 13.2. The molecule has 176 valence electrons. The van der Waals surface area contributed by atoms with Crippen molar-refractivity contribution in [1.82, 2.24) is 0 Å². The molecule has 8 nitrogen and oxygen atoms in total. The van der Waals surface area contributed by atoms with Crippen molar-refractivity contribution in [3.05, 3.63) is 100 Å². The van der Waals surface area contributed by atoms with E-state index in [1.54, 1.807) is 67.6 Å². The van der Waals surface area contributed by atoms with Crippen LogP contribution in [0.1, 0.15) is 26.3 Å². The molecule has 3 amide bonds. The molecule has 9 heteroatoms. The number of nitrogens with zero attached hydrogens (tertiary/aromatic N) is 1. The first-order valence-corrected chi connectivity index (χ1v) is 10.9. The molecule has 0 bridgehead atoms. The summed E-state index contributed by atoms with van der Waals surface area (Å²) < 4.78 is 4.69. The molecule has 1 aliphatic heterocycles. The number of amides is 3. The van der Waals surface area contributed by atoms with Crippen molar-refractivity contribution in [2.45, 2.75) is 6.92 Å². The molecule has 0 aliphatic carbocycles. The van der Waals surface area contributed by atoms with Gasteiger partial charge < -0.3 is 15.4 Å². The van der Waals surface area contributed by atoms with Crippen molar-refractivity contribution >= 4 is 52.4 Å². The Kier molecular flexibility index (Phi) is 6.66. The number of rotatable bonds is 6. The Labute approximate surface area is 206 Å². The summed E-state index contributed by atoms with van der Waals surface area (Å²) >= 11 is 6.20. The predicted molar refractivity (Wildman–Crippen MR) is 132 cm³/mol. The van der Waals surface area contributed by atoms with E-state index in [1.807, 2.05) is 6.07 Å². The molecule has 1 heterocycles. The smallest absolute Gasteiger partial charge is 0.337 e. The first-order valence-electron chi connectivity index (χ1n) is 10.5. The highest BCUT2D eigenvalue weighted by Crippen LogP contribution is 2.31. The Morgan fingerprint density at radius 1 is 0.857 bits per heavy atom. The van der Waals surface area contributed by atoms with Gasteiger partial charge in [0, 0.05) is 16.9 Å². The maximum Gasteiger partial charge on any atom is 0.337 e. The van der Waals surface area contributed by atoms with Crippen LogP contribution in [-0.4, -0.2) is 30.8 Å². The largest absolute Gasteiger partial charge is 0.465 e. The topological polar surface area (TPSA) is 105 Å². The number of halogens is 1. The van der Waals surface area contributed by atoms with Crippen LogP contribution < -0.4 is 15.5 Å². The lowest BCUT2D eigenvalue weighted by molar-refractivity contribution is -0.120. The molecular formula is C26H20ClN3O5. The van der Waals surface area contributed by atoms with Gasteiger partial charge in [0.1, 0.15) is 10.7 Å². The standard InChI is InChI=1S/C26H20ClN3O5/c1-15-6-3-4-9-20(15)30-24(32)21(27)22(25(30)33)28-18-12-10-16(11-13-18)23(31)29-19-8-5-7-17(14-19)26(34)35-2/h3-14,28H,1-2H3,(H,29,31). The van der Waals surface area contributed by atoms with Gasteiger partial charge in [0.2, 0.25) is 0 Å². The van der Waals surface area contributed by atoms with Crippen LogP contribution >= 0.6 is 11.6 Å². The summed E-state index contributed by atoms with van der Waals surface area (Å²) in [5.74, 6) is -2.08. The van der Waals surface area contributed by atoms with E-state index < -0.39 is 23.7 Å². The van der Waals surface area contributed by atoms with Crippen LogP contribution in [0.5, 0.6) is 0 Å². The summed E-state index contributed by atoms with van der Waals surface area (Å²) in [5, 5.41) is 5.38. The van der Waals surface area contributed by atoms with Gasteiger partial charge in [0.15, 0.2) is 0 Å². The SMILES string of the molecule is COC(=O)c1cccc(NC(=O)c2ccc(NC3=C(Cl)C(=O)N(c4ccccc4C)C3=O)cc2)c1. The van der Waals surface area contributed by atoms with Crippen LogP contribution in [0.2, 0.25) is 0 Å². The van der Waals surface area contributed by atoms with Gasteiger partial charge in [-0.15, -0.1) is 0 Å². The Bertz CT molecular complexity index is 1380. The van der Waals surface area contributed by atoms with E-state index in [4.69, 9.17) is 11.6 Å². The van der Waals surface area contributed by atoms with Crippen LogP contribution in [0, 0.1) is 6.92 Å². The second kappa shape index (κ2) is 9.82. The van der Waals surface area contributed by atoms with Gasteiger partial charge in [-0.2, -0.15) is 0 Å². The zero-order valence-electron chi connectivity index (χ0n) is 18.8. The van der Waals surface area contributed by atoms with Crippen LogP contribution in [0.4, 0.5) is 17.1 Å². The highest BCUT2D eigenvalue weighted by molar-refractivity contribution is 6.53. The third-order valence-electron chi connectivity index (χ3n) is 5.34. The lowest BCUT2D eigenvalue weighted by Gasteiger charge is -2.17. The molecule has 4 rings (SSSR count). The number of hydrogen-bond acceptors (Lipinski definition) is 6. The molecule has 0 aromatic heterocycles. The van der Waals surface area contributed by atoms with Gasteiger partial charge in [-0.25, -0.2) is 9.69 Å². The van der Waals surface area contributed by atoms with E-state index in [9.17, 15) is 19.2 Å². The number of esters is 1. The van der Waals surface area contributed by atoms with Crippen LogP contribution in [0.3, 0.4) is 0 Å². The fourth-order valence-corrected chi connectivity index (χ4v) is 3.75. The Balaban J connectivity index is 1.47. The molecule has 35 heavy (non-hydrogen) atoms. The number of carbonyl (C=O) groups excluding carboxylic acids is 4. The maximum atomic E-state index is 13.0. The van der Waals surface area contributed by atoms with E-state index >= 15 is 0 Å². The lowest BCUT2D eigenvalue weighted by Crippen LogP contribution is -2.32. The average Bonchev–Trinajstić information content (AvgIpc) is 3.07. The number of ether oxygens (including phenoxy) is 1. The lowest BCUT2D eigenvalue weighted by atomic mass is 10.1. The number of para-hydroxylation sites is 1. The number of nitrogens with one attached hydrogen (secondary N) is 2. The molecular weight excluding hydrogens is 470 g/mol. The third-order valence-corrected chi connectivity index (χ3v) is 5.69. The van der Waals surface area contributed by atoms with Gasteiger partial charge in [-0.1, -0.05) is 35.9 Å². The number of anilines is 3. The summed E-state index contributed by atoms with van der Waals surface area (Å²) in [6, 6.07) is 19.7. The summed E-state index contributed by atoms with van der Waals surface area (Å²) in [5.41, 5.74) is 2.73. The van der Waals surface area contributed by atoms with Crippen LogP contribution in [0.25, 0.3) is 0 Å². The van der Waals surface area contributed by atoms with Gasteiger partial charge in [0.25, 0.3) is 17.7 Å². The molecule has 0 atom stereocenters. The number of carbonyl (C=O) groups is 4. The van der Waals surface area contributed by atoms with Crippen molar-refractivity contribution in [3.63, 3.8) is 0 Å². The molecule has 2 N–H and O–H groups in total. The van der Waals surface area contributed by atoms with Gasteiger partial charge in [-0.3, -0.25) is 14.4 Å². The van der Waals surface area contributed by atoms with Crippen molar-refractivity contribution in [2.75, 3.05) is 22.6 Å².